The van der Waals surface area contributed by atoms with E-state index >= 15 is 0 Å². The first kappa shape index (κ1) is 21.9. The van der Waals surface area contributed by atoms with Gasteiger partial charge in [0, 0.05) is 12.0 Å². The van der Waals surface area contributed by atoms with Crippen LogP contribution in [-0.2, 0) is 26.6 Å². The first-order chi connectivity index (χ1) is 15.8. The predicted molar refractivity (Wildman–Crippen MR) is 123 cm³/mol. The zero-order valence-electron chi connectivity index (χ0n) is 18.5. The van der Waals surface area contributed by atoms with Crippen LogP contribution >= 0.6 is 0 Å². The lowest BCUT2D eigenvalue weighted by molar-refractivity contribution is -0.118. The fraction of sp³-hybridized carbons (Fsp3) is 0.440. The van der Waals surface area contributed by atoms with Crippen molar-refractivity contribution >= 4 is 21.8 Å². The van der Waals surface area contributed by atoms with Crippen molar-refractivity contribution in [2.45, 2.75) is 61.5 Å². The summed E-state index contributed by atoms with van der Waals surface area (Å²) < 4.78 is 32.6. The van der Waals surface area contributed by atoms with Crippen LogP contribution in [0.25, 0.3) is 0 Å². The maximum absolute atomic E-state index is 13.3. The van der Waals surface area contributed by atoms with Gasteiger partial charge in [0.2, 0.25) is 5.91 Å². The molecule has 5 rings (SSSR count). The zero-order valence-corrected chi connectivity index (χ0v) is 19.3. The molecule has 7 nitrogen and oxygen atoms in total. The quantitative estimate of drug-likeness (QED) is 0.598. The second kappa shape index (κ2) is 8.48. The lowest BCUT2D eigenvalue weighted by Crippen LogP contribution is -2.27. The molecule has 33 heavy (non-hydrogen) atoms. The van der Waals surface area contributed by atoms with E-state index in [0.717, 1.165) is 49.7 Å². The fourth-order valence-corrected chi connectivity index (χ4v) is 6.78. The third-order valence-corrected chi connectivity index (χ3v) is 8.80. The highest BCUT2D eigenvalue weighted by Gasteiger charge is 2.47. The summed E-state index contributed by atoms with van der Waals surface area (Å²) in [5.74, 6) is 0.396. The minimum absolute atomic E-state index is 0.0618. The molecule has 3 aliphatic rings. The van der Waals surface area contributed by atoms with Crippen LogP contribution in [0, 0.1) is 0 Å². The van der Waals surface area contributed by atoms with E-state index in [-0.39, 0.29) is 35.8 Å². The highest BCUT2D eigenvalue weighted by atomic mass is 32.2. The molecule has 1 heterocycles. The average molecular weight is 469 g/mol. The van der Waals surface area contributed by atoms with Crippen molar-refractivity contribution in [3.8, 4) is 5.75 Å². The van der Waals surface area contributed by atoms with Crippen LogP contribution < -0.4 is 10.1 Å². The highest BCUT2D eigenvalue weighted by molar-refractivity contribution is 7.91. The van der Waals surface area contributed by atoms with Crippen LogP contribution in [0.4, 0.5) is 4.79 Å². The lowest BCUT2D eigenvalue weighted by atomic mass is 9.97. The molecular weight excluding hydrogens is 440 g/mol. The van der Waals surface area contributed by atoms with Gasteiger partial charge in [-0.15, -0.1) is 0 Å². The highest BCUT2D eigenvalue weighted by Crippen LogP contribution is 2.50. The number of amides is 3. The minimum atomic E-state index is -3.48. The Balaban J connectivity index is 1.27. The monoisotopic (exact) mass is 468 g/mol. The molecule has 174 valence electrons. The Bertz CT molecular complexity index is 1170. The number of carbonyl (C=O) groups excluding carboxylic acids is 2. The molecular formula is C25H28N2O5S. The second-order valence-corrected chi connectivity index (χ2v) is 11.4. The molecule has 0 aromatic heterocycles. The van der Waals surface area contributed by atoms with Crippen LogP contribution in [-0.4, -0.2) is 43.7 Å². The van der Waals surface area contributed by atoms with E-state index in [1.165, 1.54) is 4.90 Å². The number of nitrogens with one attached hydrogen (secondary N) is 1. The third-order valence-electron chi connectivity index (χ3n) is 6.90. The van der Waals surface area contributed by atoms with Gasteiger partial charge >= 0.3 is 6.03 Å². The summed E-state index contributed by atoms with van der Waals surface area (Å²) in [6.07, 6.45) is 6.20. The lowest BCUT2D eigenvalue weighted by Gasteiger charge is -2.18. The zero-order chi connectivity index (χ0) is 23.1. The van der Waals surface area contributed by atoms with Gasteiger partial charge in [-0.05, 0) is 67.9 Å². The topological polar surface area (TPSA) is 92.8 Å². The molecule has 3 amide bonds. The van der Waals surface area contributed by atoms with E-state index in [9.17, 15) is 18.0 Å². The van der Waals surface area contributed by atoms with Crippen LogP contribution in [0.15, 0.2) is 53.4 Å². The number of carbonyl (C=O) groups is 2. The van der Waals surface area contributed by atoms with Gasteiger partial charge in [-0.2, -0.15) is 0 Å². The fourth-order valence-electron chi connectivity index (χ4n) is 4.85. The maximum Gasteiger partial charge on any atom is 0.324 e. The van der Waals surface area contributed by atoms with Gasteiger partial charge in [-0.3, -0.25) is 10.1 Å². The largest absolute Gasteiger partial charge is 0.490 e. The first-order valence-electron chi connectivity index (χ1n) is 11.5. The van der Waals surface area contributed by atoms with Crippen LogP contribution in [0.3, 0.4) is 0 Å². The summed E-state index contributed by atoms with van der Waals surface area (Å²) in [7, 11) is -3.48. The molecule has 0 spiro atoms. The number of hydrogen-bond donors (Lipinski definition) is 1. The van der Waals surface area contributed by atoms with Gasteiger partial charge < -0.3 is 9.64 Å². The van der Waals surface area contributed by atoms with Gasteiger partial charge in [0.15, 0.2) is 9.84 Å². The average Bonchev–Trinajstić information content (AvgIpc) is 3.22. The molecule has 1 saturated heterocycles. The summed E-state index contributed by atoms with van der Waals surface area (Å²) in [5, 5.41) is 2.27. The predicted octanol–water partition coefficient (Wildman–Crippen LogP) is 3.57. The summed E-state index contributed by atoms with van der Waals surface area (Å²) >= 11 is 0. The Morgan fingerprint density at radius 1 is 1.03 bits per heavy atom. The Labute approximate surface area is 194 Å². The number of urea groups is 1. The number of hydrogen-bond acceptors (Lipinski definition) is 5. The van der Waals surface area contributed by atoms with Crippen molar-refractivity contribution in [1.82, 2.24) is 10.2 Å². The molecule has 2 saturated carbocycles. The van der Waals surface area contributed by atoms with E-state index in [4.69, 9.17) is 4.74 Å². The smallest absolute Gasteiger partial charge is 0.324 e. The van der Waals surface area contributed by atoms with Gasteiger partial charge in [-0.1, -0.05) is 30.3 Å². The number of benzene rings is 2. The van der Waals surface area contributed by atoms with Gasteiger partial charge in [0.1, 0.15) is 12.3 Å². The van der Waals surface area contributed by atoms with Crippen LogP contribution in [0.2, 0.25) is 0 Å². The van der Waals surface area contributed by atoms with Gasteiger partial charge in [0.25, 0.3) is 0 Å². The van der Waals surface area contributed by atoms with Crippen LogP contribution in [0.5, 0.6) is 5.75 Å². The first-order valence-corrected chi connectivity index (χ1v) is 13.2. The van der Waals surface area contributed by atoms with Gasteiger partial charge in [0.05, 0.1) is 16.8 Å². The minimum Gasteiger partial charge on any atom is -0.490 e. The number of imide groups is 1. The van der Waals surface area contributed by atoms with Crippen molar-refractivity contribution in [3.05, 3.63) is 59.7 Å². The molecule has 0 atom stereocenters. The Hall–Kier alpha value is -2.87. The summed E-state index contributed by atoms with van der Waals surface area (Å²) in [6, 6.07) is 14.2. The Morgan fingerprint density at radius 2 is 1.76 bits per heavy atom. The SMILES string of the molecule is O=C1CN(Cc2ccc(C3(CS(=O)(=O)c4cccc(OC5CCCC5)c4)CC3)cc2)C(=O)N1. The Morgan fingerprint density at radius 3 is 2.39 bits per heavy atom. The summed E-state index contributed by atoms with van der Waals surface area (Å²) in [5.41, 5.74) is 1.52. The Kier molecular flexibility index (Phi) is 5.64. The van der Waals surface area contributed by atoms with E-state index in [1.54, 1.807) is 18.2 Å². The number of ether oxygens (including phenoxy) is 1. The number of sulfone groups is 1. The van der Waals surface area contributed by atoms with E-state index in [2.05, 4.69) is 5.32 Å². The molecule has 2 aromatic carbocycles. The number of nitrogens with zero attached hydrogens (tertiary/aromatic N) is 1. The van der Waals surface area contributed by atoms with E-state index < -0.39 is 9.84 Å². The molecule has 3 fully saturated rings. The van der Waals surface area contributed by atoms with Crippen molar-refractivity contribution in [2.24, 2.45) is 0 Å². The molecule has 1 aliphatic heterocycles. The van der Waals surface area contributed by atoms with Crippen molar-refractivity contribution in [1.29, 1.82) is 0 Å². The molecule has 0 bridgehead atoms. The third kappa shape index (κ3) is 4.76. The van der Waals surface area contributed by atoms with Crippen molar-refractivity contribution in [3.63, 3.8) is 0 Å². The van der Waals surface area contributed by atoms with Crippen LogP contribution in [0.1, 0.15) is 49.7 Å². The summed E-state index contributed by atoms with van der Waals surface area (Å²) in [4.78, 5) is 24.9. The van der Waals surface area contributed by atoms with Crippen molar-refractivity contribution in [2.75, 3.05) is 12.3 Å². The van der Waals surface area contributed by atoms with Crippen molar-refractivity contribution < 1.29 is 22.7 Å². The molecule has 1 N–H and O–H groups in total. The normalized spacial score (nSPS) is 20.2. The number of rotatable bonds is 8. The standard InChI is InChI=1S/C25H28N2O5S/c28-23-16-27(24(29)26-23)15-18-8-10-19(11-9-18)25(12-13-25)17-33(30,31)22-7-3-6-21(14-22)32-20-4-1-2-5-20/h3,6-11,14,20H,1-2,4-5,12-13,15-17H2,(H,26,28,29). The summed E-state index contributed by atoms with van der Waals surface area (Å²) in [6.45, 7) is 0.406. The molecule has 2 aromatic rings. The van der Waals surface area contributed by atoms with E-state index in [1.807, 2.05) is 30.3 Å². The van der Waals surface area contributed by atoms with Gasteiger partial charge in [-0.25, -0.2) is 13.2 Å². The second-order valence-electron chi connectivity index (χ2n) is 9.44. The molecule has 0 unspecified atom stereocenters. The molecule has 8 heteroatoms. The molecule has 0 radical (unpaired) electrons. The maximum atomic E-state index is 13.3. The van der Waals surface area contributed by atoms with E-state index in [0.29, 0.717) is 17.2 Å². The molecule has 2 aliphatic carbocycles.